The smallest absolute Gasteiger partial charge is 0.449 e. The van der Waals surface area contributed by atoms with Gasteiger partial charge in [-0.05, 0) is 25.7 Å². The van der Waals surface area contributed by atoms with Crippen LogP contribution in [0.15, 0.2) is 23.3 Å². The van der Waals surface area contributed by atoms with E-state index in [1.165, 1.54) is 19.4 Å². The fraction of sp³-hybridized carbons (Fsp3) is 0.650. The number of nitrogens with zero attached hydrogens (tertiary/aromatic N) is 7. The third-order valence-electron chi connectivity index (χ3n) is 6.15. The molecule has 0 amide bonds. The molecule has 2 aromatic rings. The van der Waals surface area contributed by atoms with Gasteiger partial charge in [-0.1, -0.05) is 4.98 Å². The van der Waals surface area contributed by atoms with Gasteiger partial charge in [0.25, 0.3) is 0 Å². The molecular formula is C20H27F3N7O2+. The topological polar surface area (TPSA) is 80.3 Å². The van der Waals surface area contributed by atoms with Crippen molar-refractivity contribution >= 4 is 5.95 Å². The summed E-state index contributed by atoms with van der Waals surface area (Å²) in [6, 6.07) is 1.41. The molecule has 0 unspecified atom stereocenters. The van der Waals surface area contributed by atoms with Crippen LogP contribution in [0.25, 0.3) is 0 Å². The number of hydrogen-bond donors (Lipinski definition) is 0. The molecule has 1 aliphatic carbocycles. The zero-order valence-electron chi connectivity index (χ0n) is 18.1. The molecule has 12 heteroatoms. The van der Waals surface area contributed by atoms with Gasteiger partial charge >= 0.3 is 17.8 Å². The summed E-state index contributed by atoms with van der Waals surface area (Å²) in [6.07, 6.45) is 2.03. The SMILES string of the molecule is Cn1ncc(OC2CCC(N3CCN(c4nc(C(F)(F)F)cc[n+]4C)CC3)CC2)nc1=O. The predicted octanol–water partition coefficient (Wildman–Crippen LogP) is 0.926. The fourth-order valence-electron chi connectivity index (χ4n) is 4.35. The molecule has 0 N–H and O–H groups in total. The summed E-state index contributed by atoms with van der Waals surface area (Å²) in [5.74, 6) is 0.596. The Labute approximate surface area is 183 Å². The second kappa shape index (κ2) is 9.00. The number of ether oxygens (including phenoxy) is 1. The van der Waals surface area contributed by atoms with Crippen LogP contribution in [-0.4, -0.2) is 63.0 Å². The maximum atomic E-state index is 13.0. The number of hydrogen-bond acceptors (Lipinski definition) is 7. The van der Waals surface area contributed by atoms with Crippen molar-refractivity contribution in [2.75, 3.05) is 31.1 Å². The highest BCUT2D eigenvalue weighted by atomic mass is 19.4. The van der Waals surface area contributed by atoms with E-state index >= 15 is 0 Å². The molecule has 32 heavy (non-hydrogen) atoms. The van der Waals surface area contributed by atoms with E-state index in [-0.39, 0.29) is 12.0 Å². The molecule has 0 radical (unpaired) electrons. The highest BCUT2D eigenvalue weighted by molar-refractivity contribution is 5.26. The van der Waals surface area contributed by atoms with Crippen LogP contribution in [0, 0.1) is 0 Å². The van der Waals surface area contributed by atoms with Gasteiger partial charge in [0.15, 0.2) is 0 Å². The van der Waals surface area contributed by atoms with E-state index in [1.807, 2.05) is 4.90 Å². The van der Waals surface area contributed by atoms with Crippen molar-refractivity contribution in [3.05, 3.63) is 34.6 Å². The largest absolute Gasteiger partial charge is 0.473 e. The van der Waals surface area contributed by atoms with Crippen LogP contribution in [-0.2, 0) is 20.3 Å². The van der Waals surface area contributed by atoms with E-state index in [2.05, 4.69) is 20.0 Å². The number of rotatable bonds is 4. The monoisotopic (exact) mass is 454 g/mol. The van der Waals surface area contributed by atoms with Gasteiger partial charge in [0.05, 0.1) is 26.3 Å². The number of anilines is 1. The van der Waals surface area contributed by atoms with Crippen molar-refractivity contribution in [2.45, 2.75) is 44.0 Å². The maximum Gasteiger partial charge on any atom is 0.449 e. The first-order valence-electron chi connectivity index (χ1n) is 10.7. The van der Waals surface area contributed by atoms with E-state index in [4.69, 9.17) is 4.74 Å². The molecule has 0 spiro atoms. The van der Waals surface area contributed by atoms with Crippen molar-refractivity contribution in [1.29, 1.82) is 0 Å². The van der Waals surface area contributed by atoms with E-state index in [0.29, 0.717) is 25.1 Å². The van der Waals surface area contributed by atoms with Gasteiger partial charge in [-0.25, -0.2) is 14.0 Å². The maximum absolute atomic E-state index is 13.0. The van der Waals surface area contributed by atoms with Gasteiger partial charge in [-0.3, -0.25) is 9.80 Å². The Morgan fingerprint density at radius 3 is 2.41 bits per heavy atom. The first kappa shape index (κ1) is 22.4. The molecule has 2 aliphatic rings. The second-order valence-corrected chi connectivity index (χ2v) is 8.29. The summed E-state index contributed by atoms with van der Waals surface area (Å²) in [7, 11) is 3.25. The third kappa shape index (κ3) is 5.00. The Kier molecular flexibility index (Phi) is 6.31. The Morgan fingerprint density at radius 2 is 1.78 bits per heavy atom. The fourth-order valence-corrected chi connectivity index (χ4v) is 4.35. The molecule has 1 saturated heterocycles. The molecule has 0 bridgehead atoms. The standard InChI is InChI=1S/C20H27F3N7O2/c1-27-8-7-16(20(21,22)23)25-18(27)30-11-9-29(10-12-30)14-3-5-15(6-4-14)32-17-13-24-28(2)19(31)26-17/h7-8,13-15H,3-6,9-12H2,1-2H3/q+1. The highest BCUT2D eigenvalue weighted by Crippen LogP contribution is 2.29. The van der Waals surface area contributed by atoms with Gasteiger partial charge in [-0.15, -0.1) is 0 Å². The lowest BCUT2D eigenvalue weighted by Crippen LogP contribution is -2.54. The van der Waals surface area contributed by atoms with Crippen LogP contribution < -0.4 is 19.9 Å². The summed E-state index contributed by atoms with van der Waals surface area (Å²) < 4.78 is 47.8. The van der Waals surface area contributed by atoms with Crippen molar-refractivity contribution in [1.82, 2.24) is 24.6 Å². The zero-order valence-corrected chi connectivity index (χ0v) is 18.1. The second-order valence-electron chi connectivity index (χ2n) is 8.29. The van der Waals surface area contributed by atoms with Crippen LogP contribution in [0.2, 0.25) is 0 Å². The molecule has 0 atom stereocenters. The van der Waals surface area contributed by atoms with Crippen LogP contribution in [0.3, 0.4) is 0 Å². The minimum Gasteiger partial charge on any atom is -0.473 e. The summed E-state index contributed by atoms with van der Waals surface area (Å²) in [6.45, 7) is 2.80. The molecule has 0 aromatic carbocycles. The summed E-state index contributed by atoms with van der Waals surface area (Å²) in [5.41, 5.74) is -1.31. The molecule has 1 saturated carbocycles. The van der Waals surface area contributed by atoms with Gasteiger partial charge in [0, 0.05) is 32.2 Å². The molecular weight excluding hydrogens is 427 g/mol. The van der Waals surface area contributed by atoms with E-state index < -0.39 is 17.6 Å². The number of halogens is 3. The molecule has 1 aliphatic heterocycles. The van der Waals surface area contributed by atoms with Crippen LogP contribution in [0.5, 0.6) is 5.88 Å². The molecule has 2 fully saturated rings. The lowest BCUT2D eigenvalue weighted by Gasteiger charge is -2.40. The summed E-state index contributed by atoms with van der Waals surface area (Å²) >= 11 is 0. The van der Waals surface area contributed by atoms with Gasteiger partial charge < -0.3 is 4.74 Å². The lowest BCUT2D eigenvalue weighted by molar-refractivity contribution is -0.661. The minimum atomic E-state index is -4.45. The Bertz CT molecular complexity index is 997. The Hall–Kier alpha value is -2.76. The van der Waals surface area contributed by atoms with Crippen LogP contribution in [0.1, 0.15) is 31.4 Å². The number of aryl methyl sites for hydroxylation is 2. The highest BCUT2D eigenvalue weighted by Gasteiger charge is 2.39. The number of alkyl halides is 3. The average molecular weight is 454 g/mol. The zero-order chi connectivity index (χ0) is 22.9. The molecule has 174 valence electrons. The van der Waals surface area contributed by atoms with Crippen LogP contribution in [0.4, 0.5) is 19.1 Å². The van der Waals surface area contributed by atoms with Gasteiger partial charge in [0.1, 0.15) is 12.3 Å². The number of aromatic nitrogens is 5. The Balaban J connectivity index is 1.29. The predicted molar refractivity (Wildman–Crippen MR) is 108 cm³/mol. The van der Waals surface area contributed by atoms with E-state index in [1.54, 1.807) is 11.6 Å². The van der Waals surface area contributed by atoms with E-state index in [9.17, 15) is 18.0 Å². The Morgan fingerprint density at radius 1 is 1.09 bits per heavy atom. The van der Waals surface area contributed by atoms with Crippen molar-refractivity contribution in [3.63, 3.8) is 0 Å². The lowest BCUT2D eigenvalue weighted by atomic mass is 9.91. The molecule has 2 aromatic heterocycles. The van der Waals surface area contributed by atoms with Gasteiger partial charge in [0.2, 0.25) is 11.6 Å². The van der Waals surface area contributed by atoms with Crippen molar-refractivity contribution in [3.8, 4) is 5.88 Å². The molecule has 3 heterocycles. The summed E-state index contributed by atoms with van der Waals surface area (Å²) in [4.78, 5) is 23.6. The molecule has 4 rings (SSSR count). The average Bonchev–Trinajstić information content (AvgIpc) is 2.77. The van der Waals surface area contributed by atoms with Crippen LogP contribution >= 0.6 is 0 Å². The first-order valence-corrected chi connectivity index (χ1v) is 10.7. The quantitative estimate of drug-likeness (QED) is 0.636. The third-order valence-corrected chi connectivity index (χ3v) is 6.15. The van der Waals surface area contributed by atoms with Gasteiger partial charge in [-0.2, -0.15) is 23.3 Å². The first-order chi connectivity index (χ1) is 15.2. The minimum absolute atomic E-state index is 0.00213. The number of piperazine rings is 1. The van der Waals surface area contributed by atoms with E-state index in [0.717, 1.165) is 49.5 Å². The van der Waals surface area contributed by atoms with Crippen molar-refractivity contribution < 1.29 is 22.5 Å². The summed E-state index contributed by atoms with van der Waals surface area (Å²) in [5, 5.41) is 3.92. The van der Waals surface area contributed by atoms with Crippen molar-refractivity contribution in [2.24, 2.45) is 14.1 Å². The normalized spacial score (nSPS) is 22.7. The molecule has 9 nitrogen and oxygen atoms in total.